The van der Waals surface area contributed by atoms with Gasteiger partial charge < -0.3 is 20.1 Å². The molecule has 1 saturated carbocycles. The van der Waals surface area contributed by atoms with E-state index >= 15 is 0 Å². The van der Waals surface area contributed by atoms with Crippen LogP contribution in [0.25, 0.3) is 0 Å². The summed E-state index contributed by atoms with van der Waals surface area (Å²) in [5.74, 6) is 2.43. The molecule has 138 valence electrons. The zero-order valence-electron chi connectivity index (χ0n) is 16.1. The second-order valence-electron chi connectivity index (χ2n) is 7.74. The van der Waals surface area contributed by atoms with Crippen LogP contribution in [0, 0.1) is 18.3 Å². The number of benzene rings is 1. The summed E-state index contributed by atoms with van der Waals surface area (Å²) in [6.07, 6.45) is 2.47. The summed E-state index contributed by atoms with van der Waals surface area (Å²) in [6, 6.07) is 6.80. The summed E-state index contributed by atoms with van der Waals surface area (Å²) < 4.78 is 11.3. The van der Waals surface area contributed by atoms with E-state index in [2.05, 4.69) is 54.6 Å². The topological polar surface area (TPSA) is 54.9 Å². The normalized spacial score (nSPS) is 27.4. The van der Waals surface area contributed by atoms with Gasteiger partial charge in [0.1, 0.15) is 5.75 Å². The molecule has 0 bridgehead atoms. The summed E-state index contributed by atoms with van der Waals surface area (Å²) in [4.78, 5) is 4.40. The quantitative estimate of drug-likeness (QED) is 0.636. The molecule has 0 amide bonds. The van der Waals surface area contributed by atoms with Crippen molar-refractivity contribution in [2.45, 2.75) is 45.8 Å². The van der Waals surface area contributed by atoms with Gasteiger partial charge in [-0.05, 0) is 37.0 Å². The average molecular weight is 345 g/mol. The van der Waals surface area contributed by atoms with E-state index in [1.807, 2.05) is 7.05 Å². The summed E-state index contributed by atoms with van der Waals surface area (Å²) >= 11 is 0. The number of hydrogen-bond donors (Lipinski definition) is 2. The van der Waals surface area contributed by atoms with E-state index in [4.69, 9.17) is 9.47 Å². The molecule has 2 aliphatic rings. The Morgan fingerprint density at radius 1 is 1.40 bits per heavy atom. The molecular weight excluding hydrogens is 314 g/mol. The van der Waals surface area contributed by atoms with E-state index in [-0.39, 0.29) is 5.41 Å². The van der Waals surface area contributed by atoms with E-state index in [1.165, 1.54) is 5.56 Å². The third-order valence-corrected chi connectivity index (χ3v) is 5.79. The van der Waals surface area contributed by atoms with Crippen molar-refractivity contribution < 1.29 is 9.47 Å². The summed E-state index contributed by atoms with van der Waals surface area (Å²) in [6.45, 7) is 8.35. The van der Waals surface area contributed by atoms with Crippen molar-refractivity contribution in [2.24, 2.45) is 16.3 Å². The fraction of sp³-hybridized carbons (Fsp3) is 0.650. The zero-order chi connectivity index (χ0) is 18.0. The number of rotatable bonds is 5. The highest BCUT2D eigenvalue weighted by atomic mass is 16.5. The average Bonchev–Trinajstić information content (AvgIpc) is 3.06. The largest absolute Gasteiger partial charge is 0.496 e. The molecule has 3 unspecified atom stereocenters. The Balaban J connectivity index is 1.52. The molecule has 3 rings (SSSR count). The van der Waals surface area contributed by atoms with Gasteiger partial charge in [-0.1, -0.05) is 26.0 Å². The van der Waals surface area contributed by atoms with E-state index in [0.717, 1.165) is 43.3 Å². The lowest BCUT2D eigenvalue weighted by Crippen LogP contribution is -2.68. The van der Waals surface area contributed by atoms with Crippen molar-refractivity contribution in [3.05, 3.63) is 29.3 Å². The van der Waals surface area contributed by atoms with Gasteiger partial charge in [0.15, 0.2) is 5.96 Å². The minimum Gasteiger partial charge on any atom is -0.496 e. The molecule has 1 aromatic rings. The van der Waals surface area contributed by atoms with Crippen LogP contribution < -0.4 is 15.4 Å². The molecule has 1 aliphatic carbocycles. The van der Waals surface area contributed by atoms with Crippen LogP contribution in [0.5, 0.6) is 5.75 Å². The summed E-state index contributed by atoms with van der Waals surface area (Å²) in [5, 5.41) is 7.06. The molecule has 1 aromatic carbocycles. The van der Waals surface area contributed by atoms with E-state index in [9.17, 15) is 0 Å². The minimum atomic E-state index is 0.156. The molecule has 1 saturated heterocycles. The summed E-state index contributed by atoms with van der Waals surface area (Å²) in [5.41, 5.74) is 2.58. The third-order valence-electron chi connectivity index (χ3n) is 5.79. The molecule has 2 N–H and O–H groups in total. The Kier molecular flexibility index (Phi) is 5.23. The van der Waals surface area contributed by atoms with Gasteiger partial charge in [0, 0.05) is 37.6 Å². The van der Waals surface area contributed by atoms with Gasteiger partial charge in [-0.25, -0.2) is 0 Å². The Bertz CT molecular complexity index is 642. The van der Waals surface area contributed by atoms with Crippen LogP contribution in [-0.2, 0) is 11.2 Å². The van der Waals surface area contributed by atoms with Gasteiger partial charge in [0.05, 0.1) is 13.2 Å². The predicted octanol–water partition coefficient (Wildman–Crippen LogP) is 2.52. The van der Waals surface area contributed by atoms with E-state index < -0.39 is 0 Å². The van der Waals surface area contributed by atoms with Gasteiger partial charge in [0.2, 0.25) is 0 Å². The van der Waals surface area contributed by atoms with Crippen molar-refractivity contribution in [1.82, 2.24) is 10.6 Å². The van der Waals surface area contributed by atoms with E-state index in [1.54, 1.807) is 7.11 Å². The van der Waals surface area contributed by atoms with Crippen LogP contribution in [0.2, 0.25) is 0 Å². The van der Waals surface area contributed by atoms with Crippen molar-refractivity contribution in [3.8, 4) is 5.75 Å². The molecule has 25 heavy (non-hydrogen) atoms. The molecule has 2 fully saturated rings. The molecular formula is C20H31N3O2. The van der Waals surface area contributed by atoms with Crippen LogP contribution in [0.3, 0.4) is 0 Å². The molecule has 5 nitrogen and oxygen atoms in total. The van der Waals surface area contributed by atoms with Crippen LogP contribution in [0.15, 0.2) is 23.2 Å². The highest BCUT2D eigenvalue weighted by Gasteiger charge is 2.59. The molecule has 1 heterocycles. The number of aryl methyl sites for hydroxylation is 1. The Labute approximate surface area is 151 Å². The molecule has 3 atom stereocenters. The fourth-order valence-electron chi connectivity index (χ4n) is 4.30. The predicted molar refractivity (Wildman–Crippen MR) is 101 cm³/mol. The molecule has 1 aliphatic heterocycles. The number of guanidine groups is 1. The standard InChI is InChI=1S/C20H31N3O2/c1-13-6-7-14(12-16(13)24-5)8-10-22-19(21-4)23-17-15-9-11-25-18(15)20(17,2)3/h6-7,12,15,17-18H,8-11H2,1-5H3,(H2,21,22,23). The molecule has 0 radical (unpaired) electrons. The Morgan fingerprint density at radius 2 is 2.20 bits per heavy atom. The fourth-order valence-corrected chi connectivity index (χ4v) is 4.30. The number of methoxy groups -OCH3 is 1. The Hall–Kier alpha value is -1.75. The SMILES string of the molecule is CN=C(NCCc1ccc(C)c(OC)c1)NC1C2CCOC2C1(C)C. The maximum atomic E-state index is 5.87. The summed E-state index contributed by atoms with van der Waals surface area (Å²) in [7, 11) is 3.55. The number of aliphatic imine (C=N–C) groups is 1. The maximum Gasteiger partial charge on any atom is 0.191 e. The van der Waals surface area contributed by atoms with Gasteiger partial charge in [-0.15, -0.1) is 0 Å². The minimum absolute atomic E-state index is 0.156. The van der Waals surface area contributed by atoms with Crippen molar-refractivity contribution in [1.29, 1.82) is 0 Å². The lowest BCUT2D eigenvalue weighted by Gasteiger charge is -2.54. The second-order valence-corrected chi connectivity index (χ2v) is 7.74. The lowest BCUT2D eigenvalue weighted by molar-refractivity contribution is -0.106. The Morgan fingerprint density at radius 3 is 2.92 bits per heavy atom. The number of hydrogen-bond acceptors (Lipinski definition) is 3. The number of ether oxygens (including phenoxy) is 2. The first-order valence-corrected chi connectivity index (χ1v) is 9.19. The van der Waals surface area contributed by atoms with Gasteiger partial charge >= 0.3 is 0 Å². The highest BCUT2D eigenvalue weighted by molar-refractivity contribution is 5.80. The van der Waals surface area contributed by atoms with Crippen molar-refractivity contribution in [2.75, 3.05) is 27.3 Å². The number of fused-ring (bicyclic) bond motifs is 1. The van der Waals surface area contributed by atoms with Gasteiger partial charge in [-0.3, -0.25) is 4.99 Å². The van der Waals surface area contributed by atoms with Crippen LogP contribution in [0.4, 0.5) is 0 Å². The third kappa shape index (κ3) is 3.47. The van der Waals surface area contributed by atoms with Gasteiger partial charge in [0.25, 0.3) is 0 Å². The molecule has 5 heteroatoms. The maximum absolute atomic E-state index is 5.87. The molecule has 0 spiro atoms. The number of nitrogens with one attached hydrogen (secondary N) is 2. The monoisotopic (exact) mass is 345 g/mol. The van der Waals surface area contributed by atoms with Gasteiger partial charge in [-0.2, -0.15) is 0 Å². The zero-order valence-corrected chi connectivity index (χ0v) is 16.1. The van der Waals surface area contributed by atoms with Crippen molar-refractivity contribution in [3.63, 3.8) is 0 Å². The second kappa shape index (κ2) is 7.24. The van der Waals surface area contributed by atoms with Crippen LogP contribution >= 0.6 is 0 Å². The molecule has 0 aromatic heterocycles. The highest BCUT2D eigenvalue weighted by Crippen LogP contribution is 2.52. The lowest BCUT2D eigenvalue weighted by atomic mass is 9.57. The first-order valence-electron chi connectivity index (χ1n) is 9.19. The smallest absolute Gasteiger partial charge is 0.191 e. The van der Waals surface area contributed by atoms with Crippen LogP contribution in [-0.4, -0.2) is 45.4 Å². The first-order chi connectivity index (χ1) is 12.0. The van der Waals surface area contributed by atoms with Crippen molar-refractivity contribution >= 4 is 5.96 Å². The number of nitrogens with zero attached hydrogens (tertiary/aromatic N) is 1. The first kappa shape index (κ1) is 18.1. The van der Waals surface area contributed by atoms with Crippen LogP contribution in [0.1, 0.15) is 31.4 Å². The van der Waals surface area contributed by atoms with E-state index in [0.29, 0.717) is 18.1 Å².